The number of fused-ring (bicyclic) bond motifs is 1. The van der Waals surface area contributed by atoms with E-state index in [1.54, 1.807) is 19.1 Å². The molecule has 4 rings (SSSR count). The van der Waals surface area contributed by atoms with Crippen LogP contribution in [0.5, 0.6) is 11.5 Å². The number of carbonyl (C=O) groups excluding carboxylic acids is 2. The molecule has 1 unspecified atom stereocenters. The second-order valence-corrected chi connectivity index (χ2v) is 7.29. The van der Waals surface area contributed by atoms with E-state index in [0.717, 1.165) is 18.5 Å². The average Bonchev–Trinajstić information content (AvgIpc) is 3.11. The molecule has 6 nitrogen and oxygen atoms in total. The molecular formula is C21H20ClNO5. The number of carbonyl (C=O) groups is 2. The smallest absolute Gasteiger partial charge is 0.337 e. The van der Waals surface area contributed by atoms with Crippen LogP contribution in [0.1, 0.15) is 37.7 Å². The highest BCUT2D eigenvalue weighted by atomic mass is 35.5. The van der Waals surface area contributed by atoms with Crippen molar-refractivity contribution in [1.29, 1.82) is 0 Å². The zero-order chi connectivity index (χ0) is 19.8. The molecular weight excluding hydrogens is 382 g/mol. The summed E-state index contributed by atoms with van der Waals surface area (Å²) in [5.41, 5.74) is 3.06. The van der Waals surface area contributed by atoms with E-state index in [0.29, 0.717) is 45.3 Å². The van der Waals surface area contributed by atoms with E-state index in [2.05, 4.69) is 11.9 Å². The van der Waals surface area contributed by atoms with Crippen LogP contribution in [0.4, 0.5) is 0 Å². The third-order valence-electron chi connectivity index (χ3n) is 5.13. The highest BCUT2D eigenvalue weighted by Crippen LogP contribution is 2.47. The Hall–Kier alpha value is -2.73. The van der Waals surface area contributed by atoms with Gasteiger partial charge in [-0.3, -0.25) is 4.79 Å². The maximum Gasteiger partial charge on any atom is 0.337 e. The predicted molar refractivity (Wildman–Crippen MR) is 103 cm³/mol. The van der Waals surface area contributed by atoms with Gasteiger partial charge in [0, 0.05) is 40.4 Å². The minimum Gasteiger partial charge on any atom is -0.458 e. The quantitative estimate of drug-likeness (QED) is 0.611. The summed E-state index contributed by atoms with van der Waals surface area (Å²) in [4.78, 5) is 25.7. The standard InChI is InChI=1S/C21H20ClNO5/c1-3-7-26-21(25)18-11(2)23-14-5-4-6-15(24)20(14)19(18)12-8-16-17(9-13(12)22)28-10-27-16/h3,8-9,19,23H,1,4-7,10H2,2H3. The van der Waals surface area contributed by atoms with Gasteiger partial charge in [-0.1, -0.05) is 24.3 Å². The number of ketones is 1. The van der Waals surface area contributed by atoms with Crippen molar-refractivity contribution in [2.45, 2.75) is 32.1 Å². The first-order valence-electron chi connectivity index (χ1n) is 9.12. The van der Waals surface area contributed by atoms with Gasteiger partial charge in [0.25, 0.3) is 0 Å². The molecule has 0 bridgehead atoms. The highest BCUT2D eigenvalue weighted by Gasteiger charge is 2.40. The number of rotatable bonds is 4. The topological polar surface area (TPSA) is 73.9 Å². The Labute approximate surface area is 167 Å². The Balaban J connectivity index is 1.88. The number of benzene rings is 1. The molecule has 1 aliphatic carbocycles. The van der Waals surface area contributed by atoms with Crippen molar-refractivity contribution < 1.29 is 23.8 Å². The lowest BCUT2D eigenvalue weighted by Crippen LogP contribution is -2.34. The van der Waals surface area contributed by atoms with Gasteiger partial charge in [-0.2, -0.15) is 0 Å². The summed E-state index contributed by atoms with van der Waals surface area (Å²) in [6.45, 7) is 5.58. The zero-order valence-corrected chi connectivity index (χ0v) is 16.2. The van der Waals surface area contributed by atoms with E-state index in [1.807, 2.05) is 0 Å². The van der Waals surface area contributed by atoms with Crippen molar-refractivity contribution in [3.05, 3.63) is 57.9 Å². The fourth-order valence-corrected chi connectivity index (χ4v) is 4.19. The second kappa shape index (κ2) is 7.36. The number of nitrogens with one attached hydrogen (secondary N) is 1. The highest BCUT2D eigenvalue weighted by molar-refractivity contribution is 6.32. The first kappa shape index (κ1) is 18.6. The Kier molecular flexibility index (Phi) is 4.89. The fourth-order valence-electron chi connectivity index (χ4n) is 3.93. The van der Waals surface area contributed by atoms with Crippen molar-refractivity contribution >= 4 is 23.4 Å². The maximum absolute atomic E-state index is 12.9. The van der Waals surface area contributed by atoms with Gasteiger partial charge in [0.05, 0.1) is 5.57 Å². The summed E-state index contributed by atoms with van der Waals surface area (Å²) < 4.78 is 16.2. The lowest BCUT2D eigenvalue weighted by atomic mass is 9.75. The normalized spacial score (nSPS) is 20.6. The summed E-state index contributed by atoms with van der Waals surface area (Å²) in [7, 11) is 0. The number of hydrogen-bond acceptors (Lipinski definition) is 6. The molecule has 0 amide bonds. The van der Waals surface area contributed by atoms with Gasteiger partial charge in [-0.15, -0.1) is 0 Å². The van der Waals surface area contributed by atoms with Gasteiger partial charge in [-0.05, 0) is 31.4 Å². The number of ether oxygens (including phenoxy) is 3. The molecule has 146 valence electrons. The van der Waals surface area contributed by atoms with Crippen molar-refractivity contribution in [2.24, 2.45) is 0 Å². The number of hydrogen-bond donors (Lipinski definition) is 1. The molecule has 0 fully saturated rings. The van der Waals surface area contributed by atoms with Crippen LogP contribution in [0.2, 0.25) is 5.02 Å². The number of dihydropyridines is 1. The van der Waals surface area contributed by atoms with Crippen LogP contribution in [0.25, 0.3) is 0 Å². The van der Waals surface area contributed by atoms with Gasteiger partial charge in [-0.25, -0.2) is 4.79 Å². The van der Waals surface area contributed by atoms with E-state index >= 15 is 0 Å². The lowest BCUT2D eigenvalue weighted by Gasteiger charge is -2.34. The Morgan fingerprint density at radius 1 is 1.36 bits per heavy atom. The van der Waals surface area contributed by atoms with E-state index in [1.165, 1.54) is 6.08 Å². The van der Waals surface area contributed by atoms with Gasteiger partial charge in [0.1, 0.15) is 6.61 Å². The van der Waals surface area contributed by atoms with E-state index in [-0.39, 0.29) is 19.2 Å². The molecule has 3 aliphatic rings. The van der Waals surface area contributed by atoms with Crippen molar-refractivity contribution in [1.82, 2.24) is 5.32 Å². The molecule has 7 heteroatoms. The molecule has 2 aliphatic heterocycles. The van der Waals surface area contributed by atoms with E-state index in [4.69, 9.17) is 25.8 Å². The molecule has 0 spiro atoms. The number of allylic oxidation sites excluding steroid dienone is 3. The van der Waals surface area contributed by atoms with Crippen LogP contribution < -0.4 is 14.8 Å². The Bertz CT molecular complexity index is 946. The van der Waals surface area contributed by atoms with Crippen molar-refractivity contribution in [3.63, 3.8) is 0 Å². The molecule has 1 aromatic carbocycles. The first-order valence-corrected chi connectivity index (χ1v) is 9.50. The van der Waals surface area contributed by atoms with Crippen LogP contribution in [-0.2, 0) is 14.3 Å². The monoisotopic (exact) mass is 401 g/mol. The van der Waals surface area contributed by atoms with Crippen LogP contribution in [0.15, 0.2) is 47.3 Å². The maximum atomic E-state index is 12.9. The predicted octanol–water partition coefficient (Wildman–Crippen LogP) is 3.77. The zero-order valence-electron chi connectivity index (χ0n) is 15.5. The molecule has 1 aromatic rings. The van der Waals surface area contributed by atoms with Crippen LogP contribution in [0.3, 0.4) is 0 Å². The van der Waals surface area contributed by atoms with Gasteiger partial charge >= 0.3 is 5.97 Å². The molecule has 0 saturated carbocycles. The van der Waals surface area contributed by atoms with Crippen molar-refractivity contribution in [3.8, 4) is 11.5 Å². The molecule has 0 radical (unpaired) electrons. The molecule has 1 N–H and O–H groups in total. The molecule has 28 heavy (non-hydrogen) atoms. The van der Waals surface area contributed by atoms with Gasteiger partial charge < -0.3 is 19.5 Å². The SMILES string of the molecule is C=CCOC(=O)C1=C(C)NC2=C(C(=O)CCC2)C1c1cc2c(cc1Cl)OCO2. The number of halogens is 1. The number of Topliss-reactive ketones (excluding diaryl/α,β-unsaturated/α-hetero) is 1. The summed E-state index contributed by atoms with van der Waals surface area (Å²) in [5.74, 6) is -0.0333. The average molecular weight is 402 g/mol. The summed E-state index contributed by atoms with van der Waals surface area (Å²) in [6, 6.07) is 3.41. The molecule has 0 saturated heterocycles. The minimum absolute atomic E-state index is 0.00834. The minimum atomic E-state index is -0.622. The van der Waals surface area contributed by atoms with Crippen molar-refractivity contribution in [2.75, 3.05) is 13.4 Å². The summed E-state index contributed by atoms with van der Waals surface area (Å²) in [6.07, 6.45) is 3.46. The largest absolute Gasteiger partial charge is 0.458 e. The molecule has 0 aromatic heterocycles. The van der Waals surface area contributed by atoms with Gasteiger partial charge in [0.15, 0.2) is 17.3 Å². The first-order chi connectivity index (χ1) is 13.5. The van der Waals surface area contributed by atoms with E-state index < -0.39 is 11.9 Å². The third kappa shape index (κ3) is 3.07. The molecule has 1 atom stereocenters. The fraction of sp³-hybridized carbons (Fsp3) is 0.333. The number of esters is 1. The summed E-state index contributed by atoms with van der Waals surface area (Å²) >= 11 is 6.56. The van der Waals surface area contributed by atoms with Crippen LogP contribution >= 0.6 is 11.6 Å². The molecule has 2 heterocycles. The Morgan fingerprint density at radius 2 is 2.11 bits per heavy atom. The Morgan fingerprint density at radius 3 is 2.86 bits per heavy atom. The van der Waals surface area contributed by atoms with Gasteiger partial charge in [0.2, 0.25) is 6.79 Å². The summed E-state index contributed by atoms with van der Waals surface area (Å²) in [5, 5.41) is 3.65. The van der Waals surface area contributed by atoms with E-state index in [9.17, 15) is 9.59 Å². The van der Waals surface area contributed by atoms with Crippen LogP contribution in [0, 0.1) is 0 Å². The third-order valence-corrected chi connectivity index (χ3v) is 5.46. The second-order valence-electron chi connectivity index (χ2n) is 6.88. The lowest BCUT2D eigenvalue weighted by molar-refractivity contribution is -0.138. The van der Waals surface area contributed by atoms with Crippen LogP contribution in [-0.4, -0.2) is 25.2 Å².